The van der Waals surface area contributed by atoms with E-state index in [1.54, 1.807) is 0 Å². The maximum Gasteiger partial charge on any atom is 0.329 e. The number of aliphatic carboxylic acids is 1. The zero-order valence-corrected chi connectivity index (χ0v) is 5.93. The zero-order valence-electron chi connectivity index (χ0n) is 5.93. The Hall–Kier alpha value is -1.26. The van der Waals surface area contributed by atoms with Crippen LogP contribution in [0.1, 0.15) is 6.42 Å². The Bertz CT molecular complexity index is 160. The van der Waals surface area contributed by atoms with Gasteiger partial charge in [-0.25, -0.2) is 4.79 Å². The van der Waals surface area contributed by atoms with Crippen LogP contribution in [0, 0.1) is 0 Å². The molecule has 0 radical (unpaired) electrons. The number of hydrogen-bond donors (Lipinski definition) is 1. The summed E-state index contributed by atoms with van der Waals surface area (Å²) in [5.74, 6) is -0.992. The summed E-state index contributed by atoms with van der Waals surface area (Å²) in [6.07, 6.45) is 0.553. The second-order valence-electron chi connectivity index (χ2n) is 1.75. The fourth-order valence-corrected chi connectivity index (χ4v) is 0.442. The van der Waals surface area contributed by atoms with Gasteiger partial charge in [-0.1, -0.05) is 5.11 Å². The molecule has 0 aliphatic carbocycles. The highest BCUT2D eigenvalue weighted by molar-refractivity contribution is 5.67. The Labute approximate surface area is 63.4 Å². The molecular formula is C5H9N3O3. The second kappa shape index (κ2) is 6.85. The van der Waals surface area contributed by atoms with Crippen molar-refractivity contribution in [2.45, 2.75) is 6.42 Å². The van der Waals surface area contributed by atoms with E-state index in [1.807, 2.05) is 0 Å². The Morgan fingerprint density at radius 1 is 1.73 bits per heavy atom. The van der Waals surface area contributed by atoms with Crippen LogP contribution >= 0.6 is 0 Å². The predicted octanol–water partition coefficient (Wildman–Crippen LogP) is 0.788. The summed E-state index contributed by atoms with van der Waals surface area (Å²) in [5, 5.41) is 11.4. The number of ether oxygens (including phenoxy) is 1. The number of nitrogens with zero attached hydrogens (tertiary/aromatic N) is 3. The fourth-order valence-electron chi connectivity index (χ4n) is 0.442. The van der Waals surface area contributed by atoms with E-state index >= 15 is 0 Å². The van der Waals surface area contributed by atoms with E-state index in [0.29, 0.717) is 19.6 Å². The van der Waals surface area contributed by atoms with E-state index < -0.39 is 5.97 Å². The summed E-state index contributed by atoms with van der Waals surface area (Å²) in [6.45, 7) is 0.359. The molecule has 0 saturated carbocycles. The number of azide groups is 1. The van der Waals surface area contributed by atoms with Crippen molar-refractivity contribution in [1.29, 1.82) is 0 Å². The van der Waals surface area contributed by atoms with Crippen LogP contribution in [0.15, 0.2) is 5.11 Å². The van der Waals surface area contributed by atoms with E-state index in [4.69, 9.17) is 10.6 Å². The minimum absolute atomic E-state index is 0.295. The third kappa shape index (κ3) is 8.74. The fraction of sp³-hybridized carbons (Fsp3) is 0.800. The number of carbonyl (C=O) groups is 1. The normalized spacial score (nSPS) is 8.73. The molecule has 0 rings (SSSR count). The van der Waals surface area contributed by atoms with Gasteiger partial charge >= 0.3 is 5.97 Å². The SMILES string of the molecule is [N-]=[N+]=NCCCOCC(=O)O. The molecular weight excluding hydrogens is 150 g/mol. The summed E-state index contributed by atoms with van der Waals surface area (Å²) in [6, 6.07) is 0. The largest absolute Gasteiger partial charge is 0.480 e. The molecule has 0 unspecified atom stereocenters. The van der Waals surface area contributed by atoms with Crippen molar-refractivity contribution in [3.05, 3.63) is 10.4 Å². The molecule has 1 N–H and O–H groups in total. The van der Waals surface area contributed by atoms with Gasteiger partial charge in [0, 0.05) is 18.1 Å². The number of hydrogen-bond acceptors (Lipinski definition) is 3. The highest BCUT2D eigenvalue weighted by atomic mass is 16.5. The van der Waals surface area contributed by atoms with Crippen molar-refractivity contribution >= 4 is 5.97 Å². The van der Waals surface area contributed by atoms with Crippen LogP contribution in [0.5, 0.6) is 0 Å². The molecule has 0 aliphatic rings. The molecule has 0 aromatic rings. The predicted molar refractivity (Wildman–Crippen MR) is 37.1 cm³/mol. The highest BCUT2D eigenvalue weighted by Gasteiger charge is 1.94. The molecule has 6 heteroatoms. The van der Waals surface area contributed by atoms with E-state index in [0.717, 1.165) is 0 Å². The third-order valence-electron chi connectivity index (χ3n) is 0.836. The lowest BCUT2D eigenvalue weighted by atomic mass is 10.5. The minimum Gasteiger partial charge on any atom is -0.480 e. The van der Waals surface area contributed by atoms with Gasteiger partial charge in [-0.15, -0.1) is 0 Å². The van der Waals surface area contributed by atoms with Gasteiger partial charge in [0.25, 0.3) is 0 Å². The summed E-state index contributed by atoms with van der Waals surface area (Å²) in [7, 11) is 0. The third-order valence-corrected chi connectivity index (χ3v) is 0.836. The van der Waals surface area contributed by atoms with Crippen LogP contribution in [0.25, 0.3) is 10.4 Å². The topological polar surface area (TPSA) is 95.3 Å². The van der Waals surface area contributed by atoms with Crippen molar-refractivity contribution in [3.8, 4) is 0 Å². The standard InChI is InChI=1S/C5H9N3O3/c6-8-7-2-1-3-11-4-5(9)10/h1-4H2,(H,9,10). The average molecular weight is 159 g/mol. The average Bonchev–Trinajstić information content (AvgIpc) is 1.96. The van der Waals surface area contributed by atoms with Gasteiger partial charge in [0.15, 0.2) is 0 Å². The molecule has 0 aliphatic heterocycles. The molecule has 0 aromatic heterocycles. The Kier molecular flexibility index (Phi) is 6.07. The van der Waals surface area contributed by atoms with Gasteiger partial charge in [-0.05, 0) is 12.0 Å². The zero-order chi connectivity index (χ0) is 8.53. The highest BCUT2D eigenvalue weighted by Crippen LogP contribution is 1.84. The first-order valence-corrected chi connectivity index (χ1v) is 3.07. The van der Waals surface area contributed by atoms with Crippen LogP contribution in [-0.2, 0) is 9.53 Å². The first-order valence-electron chi connectivity index (χ1n) is 3.07. The molecule has 0 aromatic carbocycles. The van der Waals surface area contributed by atoms with Gasteiger partial charge in [0.1, 0.15) is 6.61 Å². The lowest BCUT2D eigenvalue weighted by Gasteiger charge is -1.96. The van der Waals surface area contributed by atoms with Gasteiger partial charge in [0.2, 0.25) is 0 Å². The smallest absolute Gasteiger partial charge is 0.329 e. The van der Waals surface area contributed by atoms with Gasteiger partial charge in [0.05, 0.1) is 0 Å². The molecule has 0 atom stereocenters. The van der Waals surface area contributed by atoms with Crippen LogP contribution in [0.4, 0.5) is 0 Å². The molecule has 0 bridgehead atoms. The Balaban J connectivity index is 3.02. The maximum absolute atomic E-state index is 9.88. The number of carboxylic acid groups (broad SMARTS) is 1. The van der Waals surface area contributed by atoms with Crippen LogP contribution in [0.2, 0.25) is 0 Å². The molecule has 0 heterocycles. The van der Waals surface area contributed by atoms with E-state index in [1.165, 1.54) is 0 Å². The van der Waals surface area contributed by atoms with Gasteiger partial charge < -0.3 is 9.84 Å². The summed E-state index contributed by atoms with van der Waals surface area (Å²) in [5.41, 5.74) is 7.83. The lowest BCUT2D eigenvalue weighted by molar-refractivity contribution is -0.142. The van der Waals surface area contributed by atoms with Crippen molar-refractivity contribution in [2.75, 3.05) is 19.8 Å². The Morgan fingerprint density at radius 3 is 3.00 bits per heavy atom. The van der Waals surface area contributed by atoms with Crippen molar-refractivity contribution < 1.29 is 14.6 Å². The molecule has 11 heavy (non-hydrogen) atoms. The summed E-state index contributed by atoms with van der Waals surface area (Å²) < 4.78 is 4.66. The number of carboxylic acids is 1. The van der Waals surface area contributed by atoms with E-state index in [-0.39, 0.29) is 6.61 Å². The first-order chi connectivity index (χ1) is 5.27. The molecule has 0 spiro atoms. The molecule has 0 amide bonds. The van der Waals surface area contributed by atoms with Crippen molar-refractivity contribution in [2.24, 2.45) is 5.11 Å². The maximum atomic E-state index is 9.88. The van der Waals surface area contributed by atoms with Crippen LogP contribution in [0.3, 0.4) is 0 Å². The first kappa shape index (κ1) is 9.74. The van der Waals surface area contributed by atoms with Crippen LogP contribution < -0.4 is 0 Å². The van der Waals surface area contributed by atoms with Crippen LogP contribution in [-0.4, -0.2) is 30.8 Å². The van der Waals surface area contributed by atoms with Crippen molar-refractivity contribution in [1.82, 2.24) is 0 Å². The van der Waals surface area contributed by atoms with E-state index in [2.05, 4.69) is 14.8 Å². The van der Waals surface area contributed by atoms with E-state index in [9.17, 15) is 4.79 Å². The van der Waals surface area contributed by atoms with Gasteiger partial charge in [-0.3, -0.25) is 0 Å². The number of rotatable bonds is 6. The Morgan fingerprint density at radius 2 is 2.45 bits per heavy atom. The lowest BCUT2D eigenvalue weighted by Crippen LogP contribution is -2.07. The van der Waals surface area contributed by atoms with Crippen molar-refractivity contribution in [3.63, 3.8) is 0 Å². The molecule has 0 fully saturated rings. The quantitative estimate of drug-likeness (QED) is 0.268. The second-order valence-corrected chi connectivity index (χ2v) is 1.75. The molecule has 0 saturated heterocycles. The minimum atomic E-state index is -0.992. The summed E-state index contributed by atoms with van der Waals surface area (Å²) >= 11 is 0. The summed E-state index contributed by atoms with van der Waals surface area (Å²) in [4.78, 5) is 12.4. The van der Waals surface area contributed by atoms with Gasteiger partial charge in [-0.2, -0.15) is 0 Å². The monoisotopic (exact) mass is 159 g/mol. The molecule has 6 nitrogen and oxygen atoms in total. The molecule has 62 valence electrons.